The number of hydrogen-bond donors (Lipinski definition) is 0. The SMILES string of the molecule is CCN(C(=O)c1cccc(C(=O)OC)c1)C(C)CS(=O)(=O)CC. The third kappa shape index (κ3) is 5.06. The second-order valence-electron chi connectivity index (χ2n) is 5.21. The van der Waals surface area contributed by atoms with Crippen LogP contribution in [0.25, 0.3) is 0 Å². The van der Waals surface area contributed by atoms with Crippen molar-refractivity contribution in [3.8, 4) is 0 Å². The van der Waals surface area contributed by atoms with Gasteiger partial charge in [-0.1, -0.05) is 13.0 Å². The summed E-state index contributed by atoms with van der Waals surface area (Å²) < 4.78 is 28.2. The van der Waals surface area contributed by atoms with E-state index in [1.807, 2.05) is 0 Å². The monoisotopic (exact) mass is 341 g/mol. The first-order valence-corrected chi connectivity index (χ1v) is 9.27. The zero-order valence-corrected chi connectivity index (χ0v) is 14.7. The standard InChI is InChI=1S/C16H23NO5S/c1-5-17(12(3)11-23(20,21)6-2)15(18)13-8-7-9-14(10-13)16(19)22-4/h7-10,12H,5-6,11H2,1-4H3. The maximum atomic E-state index is 12.6. The summed E-state index contributed by atoms with van der Waals surface area (Å²) in [7, 11) is -1.91. The fourth-order valence-corrected chi connectivity index (χ4v) is 3.44. The summed E-state index contributed by atoms with van der Waals surface area (Å²) in [5.41, 5.74) is 0.610. The number of nitrogens with zero attached hydrogens (tertiary/aromatic N) is 1. The average molecular weight is 341 g/mol. The Bertz CT molecular complexity index is 669. The lowest BCUT2D eigenvalue weighted by atomic mass is 10.1. The van der Waals surface area contributed by atoms with Crippen LogP contribution in [0, 0.1) is 0 Å². The van der Waals surface area contributed by atoms with E-state index in [2.05, 4.69) is 4.74 Å². The summed E-state index contributed by atoms with van der Waals surface area (Å²) in [6.07, 6.45) is 0. The molecule has 1 aromatic carbocycles. The van der Waals surface area contributed by atoms with Gasteiger partial charge in [-0.2, -0.15) is 0 Å². The molecule has 1 atom stereocenters. The van der Waals surface area contributed by atoms with Crippen LogP contribution in [0.4, 0.5) is 0 Å². The van der Waals surface area contributed by atoms with Crippen LogP contribution < -0.4 is 0 Å². The molecule has 0 fully saturated rings. The van der Waals surface area contributed by atoms with Crippen LogP contribution in [0.5, 0.6) is 0 Å². The summed E-state index contributed by atoms with van der Waals surface area (Å²) in [6.45, 7) is 5.46. The highest BCUT2D eigenvalue weighted by atomic mass is 32.2. The Hall–Kier alpha value is -1.89. The summed E-state index contributed by atoms with van der Waals surface area (Å²) in [6, 6.07) is 5.76. The molecule has 0 aliphatic heterocycles. The third-order valence-corrected chi connectivity index (χ3v) is 5.47. The highest BCUT2D eigenvalue weighted by molar-refractivity contribution is 7.91. The van der Waals surface area contributed by atoms with Gasteiger partial charge in [-0.15, -0.1) is 0 Å². The van der Waals surface area contributed by atoms with Crippen LogP contribution in [0.15, 0.2) is 24.3 Å². The summed E-state index contributed by atoms with van der Waals surface area (Å²) in [4.78, 5) is 25.7. The number of carbonyl (C=O) groups excluding carboxylic acids is 2. The number of rotatable bonds is 7. The van der Waals surface area contributed by atoms with Gasteiger partial charge in [-0.05, 0) is 32.0 Å². The minimum atomic E-state index is -3.18. The molecular weight excluding hydrogens is 318 g/mol. The molecule has 1 unspecified atom stereocenters. The molecule has 0 N–H and O–H groups in total. The highest BCUT2D eigenvalue weighted by Crippen LogP contribution is 2.13. The topological polar surface area (TPSA) is 80.8 Å². The fourth-order valence-electron chi connectivity index (χ4n) is 2.29. The maximum absolute atomic E-state index is 12.6. The van der Waals surface area contributed by atoms with E-state index in [1.54, 1.807) is 39.0 Å². The zero-order chi connectivity index (χ0) is 17.6. The molecule has 1 rings (SSSR count). The normalized spacial score (nSPS) is 12.5. The number of ether oxygens (including phenoxy) is 1. The average Bonchev–Trinajstić information content (AvgIpc) is 2.54. The van der Waals surface area contributed by atoms with Crippen LogP contribution in [-0.4, -0.2) is 56.4 Å². The lowest BCUT2D eigenvalue weighted by molar-refractivity contribution is 0.0600. The quantitative estimate of drug-likeness (QED) is 0.706. The minimum absolute atomic E-state index is 0.0426. The van der Waals surface area contributed by atoms with Crippen LogP contribution in [-0.2, 0) is 14.6 Å². The molecule has 0 spiro atoms. The van der Waals surface area contributed by atoms with E-state index in [-0.39, 0.29) is 23.0 Å². The Kier molecular flexibility index (Phi) is 6.75. The van der Waals surface area contributed by atoms with Gasteiger partial charge in [-0.25, -0.2) is 13.2 Å². The molecule has 0 aliphatic rings. The Labute approximate surface area is 137 Å². The van der Waals surface area contributed by atoms with Crippen molar-refractivity contribution < 1.29 is 22.7 Å². The number of benzene rings is 1. The first kappa shape index (κ1) is 19.2. The Morgan fingerprint density at radius 1 is 1.22 bits per heavy atom. The van der Waals surface area contributed by atoms with Crippen molar-refractivity contribution in [2.45, 2.75) is 26.8 Å². The van der Waals surface area contributed by atoms with Crippen LogP contribution in [0.1, 0.15) is 41.5 Å². The van der Waals surface area contributed by atoms with E-state index >= 15 is 0 Å². The van der Waals surface area contributed by atoms with Crippen molar-refractivity contribution >= 4 is 21.7 Å². The highest BCUT2D eigenvalue weighted by Gasteiger charge is 2.24. The van der Waals surface area contributed by atoms with Crippen molar-refractivity contribution in [1.82, 2.24) is 4.90 Å². The lowest BCUT2D eigenvalue weighted by Gasteiger charge is -2.28. The van der Waals surface area contributed by atoms with Gasteiger partial charge in [0.05, 0.1) is 18.4 Å². The molecule has 0 radical (unpaired) electrons. The van der Waals surface area contributed by atoms with E-state index in [1.165, 1.54) is 18.1 Å². The van der Waals surface area contributed by atoms with Gasteiger partial charge in [-0.3, -0.25) is 4.79 Å². The van der Waals surface area contributed by atoms with E-state index in [0.29, 0.717) is 12.1 Å². The van der Waals surface area contributed by atoms with Gasteiger partial charge >= 0.3 is 5.97 Å². The molecule has 0 aromatic heterocycles. The summed E-state index contributed by atoms with van der Waals surface area (Å²) in [5, 5.41) is 0. The van der Waals surface area contributed by atoms with Gasteiger partial charge in [0.25, 0.3) is 5.91 Å². The Morgan fingerprint density at radius 2 is 1.83 bits per heavy atom. The van der Waals surface area contributed by atoms with E-state index < -0.39 is 21.8 Å². The van der Waals surface area contributed by atoms with E-state index in [0.717, 1.165) is 0 Å². The fraction of sp³-hybridized carbons (Fsp3) is 0.500. The van der Waals surface area contributed by atoms with Gasteiger partial charge in [0.2, 0.25) is 0 Å². The van der Waals surface area contributed by atoms with Crippen LogP contribution in [0.3, 0.4) is 0 Å². The zero-order valence-electron chi connectivity index (χ0n) is 13.9. The van der Waals surface area contributed by atoms with Crippen LogP contribution >= 0.6 is 0 Å². The molecule has 1 amide bonds. The molecule has 0 saturated carbocycles. The summed E-state index contributed by atoms with van der Waals surface area (Å²) in [5.74, 6) is -0.873. The van der Waals surface area contributed by atoms with Crippen molar-refractivity contribution in [3.05, 3.63) is 35.4 Å². The second-order valence-corrected chi connectivity index (χ2v) is 7.61. The van der Waals surface area contributed by atoms with Crippen molar-refractivity contribution in [1.29, 1.82) is 0 Å². The van der Waals surface area contributed by atoms with Gasteiger partial charge in [0.1, 0.15) is 0 Å². The maximum Gasteiger partial charge on any atom is 0.337 e. The van der Waals surface area contributed by atoms with Gasteiger partial charge in [0.15, 0.2) is 9.84 Å². The number of esters is 1. The second kappa shape index (κ2) is 8.10. The molecule has 1 aromatic rings. The number of methoxy groups -OCH3 is 1. The van der Waals surface area contributed by atoms with E-state index in [9.17, 15) is 18.0 Å². The number of amides is 1. The Balaban J connectivity index is 3.03. The van der Waals surface area contributed by atoms with E-state index in [4.69, 9.17) is 0 Å². The number of sulfone groups is 1. The molecule has 0 saturated heterocycles. The lowest BCUT2D eigenvalue weighted by Crippen LogP contribution is -2.42. The molecule has 23 heavy (non-hydrogen) atoms. The van der Waals surface area contributed by atoms with Crippen molar-refractivity contribution in [2.24, 2.45) is 0 Å². The molecule has 0 bridgehead atoms. The Morgan fingerprint density at radius 3 is 2.35 bits per heavy atom. The van der Waals surface area contributed by atoms with Gasteiger partial charge in [0, 0.05) is 23.9 Å². The molecule has 128 valence electrons. The first-order chi connectivity index (χ1) is 10.8. The van der Waals surface area contributed by atoms with Crippen LogP contribution in [0.2, 0.25) is 0 Å². The third-order valence-electron chi connectivity index (χ3n) is 3.60. The van der Waals surface area contributed by atoms with Gasteiger partial charge < -0.3 is 9.64 Å². The molecule has 6 nitrogen and oxygen atoms in total. The largest absolute Gasteiger partial charge is 0.465 e. The molecule has 0 aliphatic carbocycles. The summed E-state index contributed by atoms with van der Waals surface area (Å²) >= 11 is 0. The molecule has 0 heterocycles. The molecular formula is C16H23NO5S. The van der Waals surface area contributed by atoms with Crippen molar-refractivity contribution in [2.75, 3.05) is 25.2 Å². The number of carbonyl (C=O) groups is 2. The smallest absolute Gasteiger partial charge is 0.337 e. The molecule has 7 heteroatoms. The predicted molar refractivity (Wildman–Crippen MR) is 88.3 cm³/mol. The number of hydrogen-bond acceptors (Lipinski definition) is 5. The first-order valence-electron chi connectivity index (χ1n) is 7.45. The predicted octanol–water partition coefficient (Wildman–Crippen LogP) is 1.76. The van der Waals surface area contributed by atoms with Crippen molar-refractivity contribution in [3.63, 3.8) is 0 Å². The minimum Gasteiger partial charge on any atom is -0.465 e.